The zero-order valence-electron chi connectivity index (χ0n) is 24.4. The molecule has 6 atom stereocenters. The molecule has 0 unspecified atom stereocenters. The highest BCUT2D eigenvalue weighted by molar-refractivity contribution is 9.13. The average Bonchev–Trinajstić information content (AvgIpc) is 3.69. The molecule has 1 N–H and O–H groups in total. The Morgan fingerprint density at radius 2 is 1.85 bits per heavy atom. The van der Waals surface area contributed by atoms with Crippen molar-refractivity contribution in [2.75, 3.05) is 12.0 Å². The van der Waals surface area contributed by atoms with Crippen LogP contribution < -0.4 is 9.64 Å². The maximum Gasteiger partial charge on any atom is 0.241 e. The van der Waals surface area contributed by atoms with Gasteiger partial charge in [-0.15, -0.1) is 11.3 Å². The molecule has 3 fully saturated rings. The first-order chi connectivity index (χ1) is 21.9. The summed E-state index contributed by atoms with van der Waals surface area (Å²) < 4.78 is 20.4. The third kappa shape index (κ3) is 4.39. The fourth-order valence-corrected chi connectivity index (χ4v) is 9.81. The lowest BCUT2D eigenvalue weighted by atomic mass is 9.51. The maximum atomic E-state index is 14.6. The number of ether oxygens (including phenoxy) is 1. The van der Waals surface area contributed by atoms with Crippen LogP contribution in [0.5, 0.6) is 11.5 Å². The van der Waals surface area contributed by atoms with Gasteiger partial charge >= 0.3 is 0 Å². The van der Waals surface area contributed by atoms with Gasteiger partial charge in [-0.2, -0.15) is 0 Å². The summed E-state index contributed by atoms with van der Waals surface area (Å²) in [6.45, 7) is 1.92. The van der Waals surface area contributed by atoms with E-state index in [2.05, 4.69) is 31.9 Å². The van der Waals surface area contributed by atoms with Gasteiger partial charge in [-0.3, -0.25) is 24.1 Å². The fourth-order valence-electron chi connectivity index (χ4n) is 7.99. The van der Waals surface area contributed by atoms with Gasteiger partial charge in [0.25, 0.3) is 0 Å². The van der Waals surface area contributed by atoms with Gasteiger partial charge in [-0.25, -0.2) is 9.29 Å². The number of allylic oxidation sites excluding steroid dienone is 2. The minimum Gasteiger partial charge on any atom is -0.503 e. The van der Waals surface area contributed by atoms with Gasteiger partial charge in [0.05, 0.1) is 52.0 Å². The molecular weight excluding hydrogens is 767 g/mol. The summed E-state index contributed by atoms with van der Waals surface area (Å²) >= 11 is 14.6. The SMILES string of the molecule is COc1cc([C@H]2C3=CC[C@@H]4C(=O)N(Cc5cccs5)C(=O)[C@@H]4[C@@H]3C[C@H]3C(=O)N(c4ccc(F)c(Cl)c4)C(=O)[C@@]23C)c(Br)c(Br)c1O. The number of likely N-dealkylation sites (tertiary alicyclic amines) is 1. The Kier molecular flexibility index (Phi) is 7.73. The van der Waals surface area contributed by atoms with E-state index in [9.17, 15) is 28.7 Å². The van der Waals surface area contributed by atoms with Gasteiger partial charge in [0.2, 0.25) is 23.6 Å². The minimum absolute atomic E-state index is 0.142. The lowest BCUT2D eigenvalue weighted by Gasteiger charge is -2.49. The summed E-state index contributed by atoms with van der Waals surface area (Å²) in [5.41, 5.74) is 0.123. The van der Waals surface area contributed by atoms with Gasteiger partial charge in [-0.05, 0) is 98.8 Å². The second kappa shape index (κ2) is 11.3. The molecule has 2 aliphatic carbocycles. The van der Waals surface area contributed by atoms with Crippen molar-refractivity contribution in [3.05, 3.63) is 83.7 Å². The van der Waals surface area contributed by atoms with Crippen LogP contribution in [-0.4, -0.2) is 40.7 Å². The minimum atomic E-state index is -1.36. The Balaban J connectivity index is 1.40. The van der Waals surface area contributed by atoms with E-state index in [4.69, 9.17) is 16.3 Å². The van der Waals surface area contributed by atoms with Crippen molar-refractivity contribution in [2.45, 2.75) is 32.2 Å². The number of carbonyl (C=O) groups excluding carboxylic acids is 4. The average molecular weight is 793 g/mol. The number of phenolic OH excluding ortho intramolecular Hbond substituents is 1. The number of carbonyl (C=O) groups is 4. The molecule has 4 aliphatic rings. The quantitative estimate of drug-likeness (QED) is 0.217. The predicted octanol–water partition coefficient (Wildman–Crippen LogP) is 7.21. The lowest BCUT2D eigenvalue weighted by Crippen LogP contribution is -2.49. The summed E-state index contributed by atoms with van der Waals surface area (Å²) in [7, 11) is 1.41. The monoisotopic (exact) mass is 790 g/mol. The van der Waals surface area contributed by atoms with E-state index in [0.717, 1.165) is 21.4 Å². The van der Waals surface area contributed by atoms with Crippen LogP contribution in [0.15, 0.2) is 62.4 Å². The third-order valence-corrected chi connectivity index (χ3v) is 13.4. The molecule has 13 heteroatoms. The number of fused-ring (bicyclic) bond motifs is 4. The number of anilines is 1. The zero-order valence-corrected chi connectivity index (χ0v) is 29.2. The number of imide groups is 2. The van der Waals surface area contributed by atoms with Crippen molar-refractivity contribution in [3.8, 4) is 11.5 Å². The molecule has 2 aromatic carbocycles. The molecular formula is C33H26Br2ClFN2O6S. The molecule has 1 aromatic heterocycles. The van der Waals surface area contributed by atoms with Gasteiger partial charge in [-0.1, -0.05) is 29.3 Å². The van der Waals surface area contributed by atoms with Crippen LogP contribution >= 0.6 is 54.8 Å². The number of hydrogen-bond acceptors (Lipinski definition) is 7. The third-order valence-electron chi connectivity index (χ3n) is 10.1. The van der Waals surface area contributed by atoms with Crippen molar-refractivity contribution >= 4 is 84.1 Å². The summed E-state index contributed by atoms with van der Waals surface area (Å²) in [6.07, 6.45) is 2.41. The van der Waals surface area contributed by atoms with Crippen LogP contribution in [0.25, 0.3) is 0 Å². The van der Waals surface area contributed by atoms with E-state index in [1.807, 2.05) is 23.6 Å². The van der Waals surface area contributed by atoms with Crippen molar-refractivity contribution in [1.29, 1.82) is 0 Å². The van der Waals surface area contributed by atoms with Crippen LogP contribution in [0.1, 0.15) is 36.1 Å². The Morgan fingerprint density at radius 3 is 2.52 bits per heavy atom. The smallest absolute Gasteiger partial charge is 0.241 e. The van der Waals surface area contributed by atoms with E-state index in [-0.39, 0.29) is 47.0 Å². The number of hydrogen-bond donors (Lipinski definition) is 1. The molecule has 4 amide bonds. The molecule has 46 heavy (non-hydrogen) atoms. The normalized spacial score (nSPS) is 28.7. The van der Waals surface area contributed by atoms with E-state index >= 15 is 0 Å². The lowest BCUT2D eigenvalue weighted by molar-refractivity contribution is -0.141. The molecule has 0 bridgehead atoms. The molecule has 7 rings (SSSR count). The number of aromatic hydroxyl groups is 1. The molecule has 2 aliphatic heterocycles. The second-order valence-corrected chi connectivity index (χ2v) is 15.3. The summed E-state index contributed by atoms with van der Waals surface area (Å²) in [5, 5.41) is 12.4. The van der Waals surface area contributed by atoms with E-state index < -0.39 is 52.6 Å². The fraction of sp³-hybridized carbons (Fsp3) is 0.333. The molecule has 238 valence electrons. The molecule has 3 heterocycles. The molecule has 3 aromatic rings. The number of halogens is 4. The Labute approximate surface area is 289 Å². The van der Waals surface area contributed by atoms with Crippen LogP contribution in [0.3, 0.4) is 0 Å². The highest BCUT2D eigenvalue weighted by Gasteiger charge is 2.68. The predicted molar refractivity (Wildman–Crippen MR) is 176 cm³/mol. The first kappa shape index (κ1) is 31.5. The van der Waals surface area contributed by atoms with Crippen molar-refractivity contribution in [3.63, 3.8) is 0 Å². The molecule has 1 saturated carbocycles. The standard InChI is InChI=1S/C33H26Br2ClFN2O6S/c1-33-20(30(42)39(32(33)44)14-5-8-22(37)21(36)10-14)11-18-16(25(33)19-12-23(45-2)28(40)27(35)26(19)34)6-7-17-24(18)31(43)38(29(17)41)13-15-4-3-9-46-15/h3-6,8-10,12,17-18,20,24-25,40H,7,11,13H2,1-2H3/t17-,18+,20-,24-,25+,33+/m0/s1. The number of benzene rings is 2. The Bertz CT molecular complexity index is 1890. The molecule has 0 radical (unpaired) electrons. The summed E-state index contributed by atoms with van der Waals surface area (Å²) in [6, 6.07) is 9.08. The van der Waals surface area contributed by atoms with Crippen molar-refractivity contribution in [1.82, 2.24) is 4.90 Å². The number of nitrogens with zero attached hydrogens (tertiary/aromatic N) is 2. The van der Waals surface area contributed by atoms with E-state index in [0.29, 0.717) is 20.9 Å². The topological polar surface area (TPSA) is 104 Å². The van der Waals surface area contributed by atoms with Crippen LogP contribution in [0, 0.1) is 34.9 Å². The Hall–Kier alpha value is -3.06. The largest absolute Gasteiger partial charge is 0.503 e. The number of rotatable bonds is 5. The molecule has 8 nitrogen and oxygen atoms in total. The number of methoxy groups -OCH3 is 1. The first-order valence-electron chi connectivity index (χ1n) is 14.6. The van der Waals surface area contributed by atoms with Gasteiger partial charge in [0.1, 0.15) is 5.82 Å². The van der Waals surface area contributed by atoms with Gasteiger partial charge < -0.3 is 9.84 Å². The number of phenols is 1. The maximum absolute atomic E-state index is 14.6. The van der Waals surface area contributed by atoms with E-state index in [1.165, 1.54) is 35.5 Å². The molecule has 0 spiro atoms. The number of amides is 4. The summed E-state index contributed by atoms with van der Waals surface area (Å²) in [4.78, 5) is 60.0. The summed E-state index contributed by atoms with van der Waals surface area (Å²) in [5.74, 6) is -5.68. The van der Waals surface area contributed by atoms with Crippen LogP contribution in [0.2, 0.25) is 5.02 Å². The van der Waals surface area contributed by atoms with Crippen LogP contribution in [-0.2, 0) is 25.7 Å². The van der Waals surface area contributed by atoms with Gasteiger partial charge in [0, 0.05) is 15.3 Å². The van der Waals surface area contributed by atoms with Gasteiger partial charge in [0.15, 0.2) is 11.5 Å². The molecule has 2 saturated heterocycles. The second-order valence-electron chi connectivity index (χ2n) is 12.2. The van der Waals surface area contributed by atoms with Crippen molar-refractivity contribution < 1.29 is 33.4 Å². The Morgan fingerprint density at radius 1 is 1.09 bits per heavy atom. The van der Waals surface area contributed by atoms with E-state index in [1.54, 1.807) is 13.0 Å². The first-order valence-corrected chi connectivity index (χ1v) is 17.4. The van der Waals surface area contributed by atoms with Crippen molar-refractivity contribution in [2.24, 2.45) is 29.1 Å². The number of thiophene rings is 1. The highest BCUT2D eigenvalue weighted by atomic mass is 79.9. The van der Waals surface area contributed by atoms with Crippen LogP contribution in [0.4, 0.5) is 10.1 Å². The zero-order chi connectivity index (χ0) is 32.8. The highest BCUT2D eigenvalue weighted by Crippen LogP contribution is 2.65.